The van der Waals surface area contributed by atoms with Gasteiger partial charge in [-0.1, -0.05) is 0 Å². The molecule has 0 saturated carbocycles. The molecule has 0 spiro atoms. The Morgan fingerprint density at radius 2 is 2.13 bits per heavy atom. The first-order chi connectivity index (χ1) is 14.3. The van der Waals surface area contributed by atoms with Gasteiger partial charge >= 0.3 is 6.18 Å². The lowest BCUT2D eigenvalue weighted by atomic mass is 9.97. The van der Waals surface area contributed by atoms with Crippen LogP contribution in [0.3, 0.4) is 0 Å². The third kappa shape index (κ3) is 8.00. The second-order valence-corrected chi connectivity index (χ2v) is 6.64. The molecule has 0 radical (unpaired) electrons. The minimum Gasteiger partial charge on any atom is -0.467 e. The molecule has 31 heavy (non-hydrogen) atoms. The number of aryl methyl sites for hydroxylation is 1. The number of aliphatic hydroxyl groups is 1. The maximum atomic E-state index is 13.5. The highest BCUT2D eigenvalue weighted by Gasteiger charge is 2.57. The molecule has 0 aromatic carbocycles. The normalized spacial score (nSPS) is 14.1. The van der Waals surface area contributed by atoms with Crippen molar-refractivity contribution in [2.45, 2.75) is 38.1 Å². The molecule has 3 N–H and O–H groups in total. The number of guanidine groups is 1. The van der Waals surface area contributed by atoms with Crippen LogP contribution in [-0.2, 0) is 24.0 Å². The zero-order valence-electron chi connectivity index (χ0n) is 17.5. The fourth-order valence-corrected chi connectivity index (χ4v) is 2.77. The Labute approximate surface area is 196 Å². The monoisotopic (exact) mass is 559 g/mol. The van der Waals surface area contributed by atoms with Gasteiger partial charge in [0.2, 0.25) is 5.60 Å². The smallest absolute Gasteiger partial charge is 0.424 e. The summed E-state index contributed by atoms with van der Waals surface area (Å²) in [5.74, 6) is 0.652. The zero-order chi connectivity index (χ0) is 22.0. The maximum Gasteiger partial charge on any atom is 0.424 e. The Kier molecular flexibility index (Phi) is 11.3. The number of hydrogen-bond donors (Lipinski definition) is 3. The third-order valence-electron chi connectivity index (χ3n) is 4.32. The zero-order valence-corrected chi connectivity index (χ0v) is 19.8. The molecule has 0 bridgehead atoms. The molecule has 2 aromatic rings. The second-order valence-electron chi connectivity index (χ2n) is 6.64. The fraction of sp³-hybridized carbons (Fsp3) is 0.579. The van der Waals surface area contributed by atoms with Gasteiger partial charge in [0, 0.05) is 52.1 Å². The lowest BCUT2D eigenvalue weighted by Gasteiger charge is -2.30. The van der Waals surface area contributed by atoms with Gasteiger partial charge in [-0.25, -0.2) is 4.98 Å². The van der Waals surface area contributed by atoms with E-state index in [-0.39, 0.29) is 30.5 Å². The number of nitrogens with one attached hydrogen (secondary N) is 2. The molecule has 1 atom stereocenters. The number of rotatable bonds is 11. The molecular formula is C19H29F3IN5O3. The first-order valence-electron chi connectivity index (χ1n) is 9.67. The number of imidazole rings is 1. The van der Waals surface area contributed by atoms with Crippen molar-refractivity contribution in [1.29, 1.82) is 0 Å². The molecule has 176 valence electrons. The Morgan fingerprint density at radius 1 is 1.35 bits per heavy atom. The van der Waals surface area contributed by atoms with E-state index in [4.69, 9.17) is 9.15 Å². The van der Waals surface area contributed by atoms with Crippen molar-refractivity contribution >= 4 is 29.9 Å². The van der Waals surface area contributed by atoms with Crippen molar-refractivity contribution < 1.29 is 27.4 Å². The van der Waals surface area contributed by atoms with E-state index in [0.29, 0.717) is 38.7 Å². The summed E-state index contributed by atoms with van der Waals surface area (Å²) in [5, 5.41) is 16.1. The minimum atomic E-state index is -4.87. The van der Waals surface area contributed by atoms with Crippen LogP contribution in [0.15, 0.2) is 40.2 Å². The number of nitrogens with zero attached hydrogens (tertiary/aromatic N) is 3. The van der Waals surface area contributed by atoms with Crippen molar-refractivity contribution in [3.8, 4) is 0 Å². The van der Waals surface area contributed by atoms with Crippen molar-refractivity contribution in [3.05, 3.63) is 42.4 Å². The van der Waals surface area contributed by atoms with E-state index < -0.39 is 24.0 Å². The fourth-order valence-electron chi connectivity index (χ4n) is 2.77. The van der Waals surface area contributed by atoms with Crippen LogP contribution in [0.1, 0.15) is 31.4 Å². The number of halogens is 4. The van der Waals surface area contributed by atoms with Crippen LogP contribution in [0.2, 0.25) is 0 Å². The van der Waals surface area contributed by atoms with Crippen LogP contribution in [0.4, 0.5) is 13.2 Å². The molecule has 8 nitrogen and oxygen atoms in total. The van der Waals surface area contributed by atoms with E-state index in [2.05, 4.69) is 20.6 Å². The van der Waals surface area contributed by atoms with Crippen LogP contribution in [0, 0.1) is 0 Å². The molecule has 0 amide bonds. The van der Waals surface area contributed by atoms with Crippen LogP contribution in [-0.4, -0.2) is 53.0 Å². The van der Waals surface area contributed by atoms with Gasteiger partial charge in [-0.05, 0) is 25.5 Å². The largest absolute Gasteiger partial charge is 0.467 e. The molecular weight excluding hydrogens is 530 g/mol. The number of hydrogen-bond acceptors (Lipinski definition) is 5. The number of furan rings is 1. The molecule has 0 aliphatic carbocycles. The minimum absolute atomic E-state index is 0. The second kappa shape index (κ2) is 12.9. The summed E-state index contributed by atoms with van der Waals surface area (Å²) < 4.78 is 52.4. The molecule has 0 fully saturated rings. The summed E-state index contributed by atoms with van der Waals surface area (Å²) in [7, 11) is 1.41. The standard InChI is InChI=1S/C19H28F3N5O3.HI/c1-3-23-17(25-8-5-12-29-14-15-6-4-13-30-15)26-9-7-18(28,19(20,21)22)16-24-10-11-27(16)2;/h4,6,10-11,13,28H,3,5,7-9,12,14H2,1-2H3,(H2,23,25,26);1H. The van der Waals surface area contributed by atoms with Gasteiger partial charge in [-0.15, -0.1) is 24.0 Å². The van der Waals surface area contributed by atoms with Crippen molar-refractivity contribution in [3.63, 3.8) is 0 Å². The molecule has 2 heterocycles. The Bertz CT molecular complexity index is 783. The quantitative estimate of drug-likeness (QED) is 0.170. The molecule has 2 aromatic heterocycles. The van der Waals surface area contributed by atoms with E-state index >= 15 is 0 Å². The number of aliphatic imine (C=N–C) groups is 1. The van der Waals surface area contributed by atoms with E-state index in [1.54, 1.807) is 12.3 Å². The molecule has 0 saturated heterocycles. The summed E-state index contributed by atoms with van der Waals surface area (Å²) in [4.78, 5) is 8.00. The number of alkyl halides is 3. The average Bonchev–Trinajstić information content (AvgIpc) is 3.35. The topological polar surface area (TPSA) is 96.8 Å². The summed E-state index contributed by atoms with van der Waals surface area (Å²) in [6, 6.07) is 3.60. The first-order valence-corrected chi connectivity index (χ1v) is 9.67. The van der Waals surface area contributed by atoms with Crippen LogP contribution in [0.5, 0.6) is 0 Å². The van der Waals surface area contributed by atoms with Gasteiger partial charge in [0.25, 0.3) is 0 Å². The molecule has 2 rings (SSSR count). The van der Waals surface area contributed by atoms with Crippen molar-refractivity contribution in [2.75, 3.05) is 26.2 Å². The van der Waals surface area contributed by atoms with Crippen LogP contribution in [0.25, 0.3) is 0 Å². The Morgan fingerprint density at radius 3 is 2.71 bits per heavy atom. The van der Waals surface area contributed by atoms with Gasteiger partial charge in [0.05, 0.1) is 6.26 Å². The first kappa shape index (κ1) is 27.2. The third-order valence-corrected chi connectivity index (χ3v) is 4.32. The molecule has 12 heteroatoms. The van der Waals surface area contributed by atoms with E-state index in [1.807, 2.05) is 13.0 Å². The average molecular weight is 559 g/mol. The molecule has 1 unspecified atom stereocenters. The number of ether oxygens (including phenoxy) is 1. The van der Waals surface area contributed by atoms with Gasteiger partial charge < -0.3 is 29.5 Å². The predicted molar refractivity (Wildman–Crippen MR) is 120 cm³/mol. The van der Waals surface area contributed by atoms with E-state index in [1.165, 1.54) is 19.4 Å². The van der Waals surface area contributed by atoms with E-state index in [0.717, 1.165) is 10.3 Å². The van der Waals surface area contributed by atoms with Gasteiger partial charge in [-0.2, -0.15) is 13.2 Å². The lowest BCUT2D eigenvalue weighted by Crippen LogP contribution is -2.48. The summed E-state index contributed by atoms with van der Waals surface area (Å²) in [6.45, 7) is 3.52. The molecule has 0 aliphatic heterocycles. The van der Waals surface area contributed by atoms with Gasteiger partial charge in [0.15, 0.2) is 5.96 Å². The number of aromatic nitrogens is 2. The van der Waals surface area contributed by atoms with E-state index in [9.17, 15) is 18.3 Å². The SMILES string of the molecule is CCNC(=NCCCOCc1ccco1)NCCC(O)(c1nccn1C)C(F)(F)F.I. The van der Waals surface area contributed by atoms with Crippen molar-refractivity contribution in [1.82, 2.24) is 20.2 Å². The van der Waals surface area contributed by atoms with Gasteiger partial charge in [0.1, 0.15) is 18.2 Å². The van der Waals surface area contributed by atoms with Crippen LogP contribution >= 0.6 is 24.0 Å². The highest BCUT2D eigenvalue weighted by atomic mass is 127. The van der Waals surface area contributed by atoms with Crippen molar-refractivity contribution in [2.24, 2.45) is 12.0 Å². The summed E-state index contributed by atoms with van der Waals surface area (Å²) in [5.41, 5.74) is -3.06. The lowest BCUT2D eigenvalue weighted by molar-refractivity contribution is -0.272. The maximum absolute atomic E-state index is 13.5. The highest BCUT2D eigenvalue weighted by Crippen LogP contribution is 2.40. The highest BCUT2D eigenvalue weighted by molar-refractivity contribution is 14.0. The molecule has 0 aliphatic rings. The Hall–Kier alpha value is -1.80. The summed E-state index contributed by atoms with van der Waals surface area (Å²) in [6.07, 6.45) is -0.688. The van der Waals surface area contributed by atoms with Crippen LogP contribution < -0.4 is 10.6 Å². The summed E-state index contributed by atoms with van der Waals surface area (Å²) >= 11 is 0. The Balaban J connectivity index is 0.00000480. The van der Waals surface area contributed by atoms with Gasteiger partial charge in [-0.3, -0.25) is 4.99 Å². The predicted octanol–water partition coefficient (Wildman–Crippen LogP) is 2.93.